The third-order valence-electron chi connectivity index (χ3n) is 2.83. The highest BCUT2D eigenvalue weighted by Crippen LogP contribution is 2.46. The number of anilines is 1. The maximum absolute atomic E-state index is 10.7. The van der Waals surface area contributed by atoms with E-state index in [1.165, 1.54) is 19.0 Å². The van der Waals surface area contributed by atoms with E-state index in [0.29, 0.717) is 4.75 Å². The number of hydrogen-bond acceptors (Lipinski definition) is 4. The van der Waals surface area contributed by atoms with Crippen molar-refractivity contribution >= 4 is 23.4 Å². The lowest BCUT2D eigenvalue weighted by atomic mass is 10.3. The molecule has 0 aliphatic heterocycles. The molecule has 1 aromatic heterocycles. The van der Waals surface area contributed by atoms with Crippen molar-refractivity contribution in [1.29, 1.82) is 0 Å². The number of nitrogens with one attached hydrogen (secondary N) is 1. The first-order valence-corrected chi connectivity index (χ1v) is 6.36. The molecule has 2 rings (SSSR count). The molecule has 0 bridgehead atoms. The van der Waals surface area contributed by atoms with E-state index in [1.807, 2.05) is 11.8 Å². The van der Waals surface area contributed by atoms with Crippen molar-refractivity contribution in [2.24, 2.45) is 0 Å². The zero-order valence-electron chi connectivity index (χ0n) is 9.06. The first kappa shape index (κ1) is 11.3. The lowest BCUT2D eigenvalue weighted by molar-refractivity contribution is 0.0690. The second-order valence-electron chi connectivity index (χ2n) is 3.98. The van der Waals surface area contributed by atoms with Crippen molar-refractivity contribution in [3.05, 3.63) is 24.0 Å². The van der Waals surface area contributed by atoms with Gasteiger partial charge in [-0.25, -0.2) is 9.78 Å². The van der Waals surface area contributed by atoms with Gasteiger partial charge in [0.1, 0.15) is 5.69 Å². The largest absolute Gasteiger partial charge is 0.477 e. The third-order valence-corrected chi connectivity index (χ3v) is 4.25. The minimum absolute atomic E-state index is 0.0824. The van der Waals surface area contributed by atoms with E-state index < -0.39 is 5.97 Å². The molecule has 0 aromatic carbocycles. The molecule has 1 heterocycles. The van der Waals surface area contributed by atoms with Gasteiger partial charge in [-0.15, -0.1) is 0 Å². The van der Waals surface area contributed by atoms with Crippen LogP contribution < -0.4 is 5.32 Å². The Labute approximate surface area is 98.5 Å². The van der Waals surface area contributed by atoms with E-state index in [0.717, 1.165) is 12.2 Å². The van der Waals surface area contributed by atoms with Crippen LogP contribution in [0.15, 0.2) is 18.3 Å². The van der Waals surface area contributed by atoms with Crippen molar-refractivity contribution in [3.8, 4) is 0 Å². The SMILES string of the molecule is CSC1(CNc2ccnc(C(=O)O)c2)CC1. The number of carbonyl (C=O) groups is 1. The summed E-state index contributed by atoms with van der Waals surface area (Å²) in [6.45, 7) is 0.886. The topological polar surface area (TPSA) is 62.2 Å². The van der Waals surface area contributed by atoms with Crippen molar-refractivity contribution in [1.82, 2.24) is 4.98 Å². The van der Waals surface area contributed by atoms with Crippen molar-refractivity contribution in [2.75, 3.05) is 18.1 Å². The van der Waals surface area contributed by atoms with Crippen LogP contribution in [0.3, 0.4) is 0 Å². The van der Waals surface area contributed by atoms with E-state index in [9.17, 15) is 4.79 Å². The molecule has 1 fully saturated rings. The fraction of sp³-hybridized carbons (Fsp3) is 0.455. The Hall–Kier alpha value is -1.23. The van der Waals surface area contributed by atoms with E-state index >= 15 is 0 Å². The average Bonchev–Trinajstić information content (AvgIpc) is 3.07. The third kappa shape index (κ3) is 2.47. The molecule has 0 radical (unpaired) electrons. The summed E-state index contributed by atoms with van der Waals surface area (Å²) in [4.78, 5) is 14.5. The van der Waals surface area contributed by atoms with Crippen molar-refractivity contribution in [3.63, 3.8) is 0 Å². The molecule has 0 amide bonds. The molecule has 1 saturated carbocycles. The number of rotatable bonds is 5. The minimum atomic E-state index is -0.991. The Morgan fingerprint density at radius 2 is 2.44 bits per heavy atom. The van der Waals surface area contributed by atoms with Crippen LogP contribution in [0.4, 0.5) is 5.69 Å². The second-order valence-corrected chi connectivity index (χ2v) is 5.25. The number of hydrogen-bond donors (Lipinski definition) is 2. The molecule has 16 heavy (non-hydrogen) atoms. The Kier molecular flexibility index (Phi) is 3.05. The monoisotopic (exact) mass is 238 g/mol. The predicted octanol–water partition coefficient (Wildman–Crippen LogP) is 2.09. The maximum Gasteiger partial charge on any atom is 0.354 e. The first-order chi connectivity index (χ1) is 7.65. The highest BCUT2D eigenvalue weighted by molar-refractivity contribution is 8.00. The van der Waals surface area contributed by atoms with Crippen LogP contribution in [0.25, 0.3) is 0 Å². The molecule has 1 aliphatic carbocycles. The van der Waals surface area contributed by atoms with Gasteiger partial charge in [0.05, 0.1) is 0 Å². The predicted molar refractivity (Wildman–Crippen MR) is 65.2 cm³/mol. The molecule has 86 valence electrons. The fourth-order valence-corrected chi connectivity index (χ4v) is 2.24. The molecule has 4 nitrogen and oxygen atoms in total. The number of pyridine rings is 1. The zero-order chi connectivity index (χ0) is 11.6. The van der Waals surface area contributed by atoms with E-state index in [4.69, 9.17) is 5.11 Å². The van der Waals surface area contributed by atoms with Gasteiger partial charge >= 0.3 is 5.97 Å². The first-order valence-electron chi connectivity index (χ1n) is 5.14. The summed E-state index contributed by atoms with van der Waals surface area (Å²) < 4.78 is 0.368. The maximum atomic E-state index is 10.7. The van der Waals surface area contributed by atoms with Gasteiger partial charge in [-0.3, -0.25) is 0 Å². The average molecular weight is 238 g/mol. The zero-order valence-corrected chi connectivity index (χ0v) is 9.88. The van der Waals surface area contributed by atoms with Crippen LogP contribution in [0, 0.1) is 0 Å². The Bertz CT molecular complexity index is 405. The van der Waals surface area contributed by atoms with Gasteiger partial charge in [0.2, 0.25) is 0 Å². The van der Waals surface area contributed by atoms with Crippen LogP contribution in [-0.2, 0) is 0 Å². The van der Waals surface area contributed by atoms with Crippen LogP contribution >= 0.6 is 11.8 Å². The normalized spacial score (nSPS) is 16.8. The van der Waals surface area contributed by atoms with Crippen LogP contribution in [-0.4, -0.2) is 33.6 Å². The number of carboxylic acid groups (broad SMARTS) is 1. The summed E-state index contributed by atoms with van der Waals surface area (Å²) in [6.07, 6.45) is 6.10. The van der Waals surface area contributed by atoms with E-state index in [1.54, 1.807) is 12.1 Å². The summed E-state index contributed by atoms with van der Waals surface area (Å²) in [5.74, 6) is -0.991. The lowest BCUT2D eigenvalue weighted by Gasteiger charge is -2.14. The molecule has 0 atom stereocenters. The van der Waals surface area contributed by atoms with E-state index in [2.05, 4.69) is 16.6 Å². The summed E-state index contributed by atoms with van der Waals surface area (Å²) in [7, 11) is 0. The number of aromatic nitrogens is 1. The van der Waals surface area contributed by atoms with Gasteiger partial charge in [-0.1, -0.05) is 0 Å². The molecule has 1 aliphatic rings. The second kappa shape index (κ2) is 4.33. The highest BCUT2D eigenvalue weighted by Gasteiger charge is 2.41. The quantitative estimate of drug-likeness (QED) is 0.822. The molecule has 1 aromatic rings. The summed E-state index contributed by atoms with van der Waals surface area (Å²) in [6, 6.07) is 3.36. The Morgan fingerprint density at radius 3 is 3.00 bits per heavy atom. The molecule has 5 heteroatoms. The van der Waals surface area contributed by atoms with Gasteiger partial charge in [0, 0.05) is 23.2 Å². The number of aromatic carboxylic acids is 1. The lowest BCUT2D eigenvalue weighted by Crippen LogP contribution is -2.17. The molecular weight excluding hydrogens is 224 g/mol. The van der Waals surface area contributed by atoms with Gasteiger partial charge in [-0.05, 0) is 31.2 Å². The van der Waals surface area contributed by atoms with Crippen LogP contribution in [0.5, 0.6) is 0 Å². The molecule has 2 N–H and O–H groups in total. The van der Waals surface area contributed by atoms with Crippen LogP contribution in [0.1, 0.15) is 23.3 Å². The molecular formula is C11H14N2O2S. The Balaban J connectivity index is 1.99. The number of carboxylic acids is 1. The standard InChI is InChI=1S/C11H14N2O2S/c1-16-11(3-4-11)7-13-8-2-5-12-9(6-8)10(14)15/h2,5-6H,3-4,7H2,1H3,(H,12,13)(H,14,15). The van der Waals surface area contributed by atoms with Crippen molar-refractivity contribution < 1.29 is 9.90 Å². The molecule has 0 spiro atoms. The smallest absolute Gasteiger partial charge is 0.354 e. The number of nitrogens with zero attached hydrogens (tertiary/aromatic N) is 1. The van der Waals surface area contributed by atoms with Gasteiger partial charge < -0.3 is 10.4 Å². The Morgan fingerprint density at radius 1 is 1.69 bits per heavy atom. The molecule has 0 saturated heterocycles. The fourth-order valence-electron chi connectivity index (χ4n) is 1.51. The van der Waals surface area contributed by atoms with Gasteiger partial charge in [0.15, 0.2) is 0 Å². The van der Waals surface area contributed by atoms with Crippen molar-refractivity contribution in [2.45, 2.75) is 17.6 Å². The van der Waals surface area contributed by atoms with E-state index in [-0.39, 0.29) is 5.69 Å². The minimum Gasteiger partial charge on any atom is -0.477 e. The number of thioether (sulfide) groups is 1. The summed E-state index contributed by atoms with van der Waals surface area (Å²) >= 11 is 1.87. The van der Waals surface area contributed by atoms with Gasteiger partial charge in [-0.2, -0.15) is 11.8 Å². The van der Waals surface area contributed by atoms with Gasteiger partial charge in [0.25, 0.3) is 0 Å². The molecule has 0 unspecified atom stereocenters. The summed E-state index contributed by atoms with van der Waals surface area (Å²) in [5.41, 5.74) is 0.909. The highest BCUT2D eigenvalue weighted by atomic mass is 32.2. The van der Waals surface area contributed by atoms with Crippen LogP contribution in [0.2, 0.25) is 0 Å². The summed E-state index contributed by atoms with van der Waals surface area (Å²) in [5, 5.41) is 12.1.